The SMILES string of the molecule is Cc1ccc(S(=O)(=O)N(C)c2ccc(C(=O)NCC3=CCNCC3)cc2)cc1. The number of amides is 1. The summed E-state index contributed by atoms with van der Waals surface area (Å²) in [6.07, 6.45) is 3.03. The van der Waals surface area contributed by atoms with Gasteiger partial charge in [-0.05, 0) is 56.3 Å². The molecule has 3 rings (SSSR count). The largest absolute Gasteiger partial charge is 0.348 e. The average Bonchev–Trinajstić information content (AvgIpc) is 2.72. The summed E-state index contributed by atoms with van der Waals surface area (Å²) in [4.78, 5) is 12.6. The first-order valence-electron chi connectivity index (χ1n) is 9.20. The third-order valence-corrected chi connectivity index (χ3v) is 6.61. The summed E-state index contributed by atoms with van der Waals surface area (Å²) in [7, 11) is -2.14. The van der Waals surface area contributed by atoms with Crippen LogP contribution in [0.2, 0.25) is 0 Å². The Morgan fingerprint density at radius 3 is 2.39 bits per heavy atom. The number of nitrogens with one attached hydrogen (secondary N) is 2. The van der Waals surface area contributed by atoms with Crippen LogP contribution >= 0.6 is 0 Å². The number of carbonyl (C=O) groups is 1. The van der Waals surface area contributed by atoms with E-state index in [1.54, 1.807) is 48.5 Å². The van der Waals surface area contributed by atoms with Gasteiger partial charge < -0.3 is 10.6 Å². The van der Waals surface area contributed by atoms with Crippen LogP contribution in [0.5, 0.6) is 0 Å². The summed E-state index contributed by atoms with van der Waals surface area (Å²) in [5.74, 6) is -0.171. The van der Waals surface area contributed by atoms with E-state index in [1.165, 1.54) is 16.9 Å². The maximum atomic E-state index is 12.8. The summed E-state index contributed by atoms with van der Waals surface area (Å²) >= 11 is 0. The van der Waals surface area contributed by atoms with Gasteiger partial charge in [-0.25, -0.2) is 8.42 Å². The van der Waals surface area contributed by atoms with Crippen LogP contribution in [-0.4, -0.2) is 41.0 Å². The first-order chi connectivity index (χ1) is 13.4. The highest BCUT2D eigenvalue weighted by Gasteiger charge is 2.21. The molecule has 2 aromatic carbocycles. The lowest BCUT2D eigenvalue weighted by molar-refractivity contribution is 0.0956. The van der Waals surface area contributed by atoms with Crippen LogP contribution in [0.1, 0.15) is 22.3 Å². The van der Waals surface area contributed by atoms with Crippen molar-refractivity contribution in [3.05, 3.63) is 71.3 Å². The Morgan fingerprint density at radius 1 is 1.11 bits per heavy atom. The molecule has 0 radical (unpaired) electrons. The van der Waals surface area contributed by atoms with E-state index in [9.17, 15) is 13.2 Å². The lowest BCUT2D eigenvalue weighted by Gasteiger charge is -2.20. The second-order valence-electron chi connectivity index (χ2n) is 6.83. The topological polar surface area (TPSA) is 78.5 Å². The molecule has 0 saturated heterocycles. The highest BCUT2D eigenvalue weighted by atomic mass is 32.2. The minimum atomic E-state index is -3.65. The van der Waals surface area contributed by atoms with E-state index in [4.69, 9.17) is 0 Å². The normalized spacial score (nSPS) is 14.3. The molecule has 0 atom stereocenters. The Labute approximate surface area is 166 Å². The van der Waals surface area contributed by atoms with Crippen molar-refractivity contribution in [2.24, 2.45) is 0 Å². The first kappa shape index (κ1) is 20.1. The zero-order valence-electron chi connectivity index (χ0n) is 16.1. The molecule has 0 spiro atoms. The van der Waals surface area contributed by atoms with E-state index in [2.05, 4.69) is 16.7 Å². The van der Waals surface area contributed by atoms with Crippen LogP contribution in [0.25, 0.3) is 0 Å². The van der Waals surface area contributed by atoms with Crippen molar-refractivity contribution in [3.63, 3.8) is 0 Å². The van der Waals surface area contributed by atoms with Crippen molar-refractivity contribution >= 4 is 21.6 Å². The van der Waals surface area contributed by atoms with Crippen LogP contribution in [0.3, 0.4) is 0 Å². The minimum absolute atomic E-state index is 0.171. The number of anilines is 1. The lowest BCUT2D eigenvalue weighted by atomic mass is 10.1. The number of rotatable bonds is 6. The van der Waals surface area contributed by atoms with Gasteiger partial charge in [0.25, 0.3) is 15.9 Å². The van der Waals surface area contributed by atoms with Gasteiger partial charge in [0.15, 0.2) is 0 Å². The molecule has 1 amide bonds. The number of benzene rings is 2. The van der Waals surface area contributed by atoms with Gasteiger partial charge in [-0.1, -0.05) is 29.3 Å². The van der Waals surface area contributed by atoms with Gasteiger partial charge in [0.1, 0.15) is 0 Å². The molecule has 0 fully saturated rings. The lowest BCUT2D eigenvalue weighted by Crippen LogP contribution is -2.29. The summed E-state index contributed by atoms with van der Waals surface area (Å²) in [5.41, 5.74) is 3.21. The number of hydrogen-bond donors (Lipinski definition) is 2. The molecule has 148 valence electrons. The third-order valence-electron chi connectivity index (χ3n) is 4.81. The molecule has 0 aliphatic carbocycles. The Hall–Kier alpha value is -2.64. The first-order valence-corrected chi connectivity index (χ1v) is 10.6. The summed E-state index contributed by atoms with van der Waals surface area (Å²) in [6.45, 7) is 4.20. The molecule has 1 heterocycles. The van der Waals surface area contributed by atoms with Crippen LogP contribution in [0.4, 0.5) is 5.69 Å². The van der Waals surface area contributed by atoms with Crippen LogP contribution < -0.4 is 14.9 Å². The molecular weight excluding hydrogens is 374 g/mol. The second-order valence-corrected chi connectivity index (χ2v) is 8.80. The fourth-order valence-electron chi connectivity index (χ4n) is 2.96. The summed E-state index contributed by atoms with van der Waals surface area (Å²) in [5, 5.41) is 6.15. The molecule has 0 aromatic heterocycles. The van der Waals surface area contributed by atoms with Gasteiger partial charge in [-0.2, -0.15) is 0 Å². The monoisotopic (exact) mass is 399 g/mol. The van der Waals surface area contributed by atoms with Crippen LogP contribution in [-0.2, 0) is 10.0 Å². The number of aryl methyl sites for hydroxylation is 1. The molecule has 7 heteroatoms. The van der Waals surface area contributed by atoms with E-state index < -0.39 is 10.0 Å². The van der Waals surface area contributed by atoms with Crippen molar-refractivity contribution < 1.29 is 13.2 Å². The van der Waals surface area contributed by atoms with Crippen molar-refractivity contribution in [2.45, 2.75) is 18.2 Å². The van der Waals surface area contributed by atoms with Crippen LogP contribution in [0, 0.1) is 6.92 Å². The molecular formula is C21H25N3O3S. The molecule has 1 aliphatic rings. The quantitative estimate of drug-likeness (QED) is 0.732. The molecule has 6 nitrogen and oxygen atoms in total. The number of carbonyl (C=O) groups excluding carboxylic acids is 1. The van der Waals surface area contributed by atoms with Gasteiger partial charge in [0.2, 0.25) is 0 Å². The van der Waals surface area contributed by atoms with E-state index >= 15 is 0 Å². The van der Waals surface area contributed by atoms with Crippen molar-refractivity contribution in [3.8, 4) is 0 Å². The third kappa shape index (κ3) is 4.61. The van der Waals surface area contributed by atoms with Gasteiger partial charge in [-0.15, -0.1) is 0 Å². The summed E-state index contributed by atoms with van der Waals surface area (Å²) < 4.78 is 26.8. The zero-order chi connectivity index (χ0) is 20.1. The highest BCUT2D eigenvalue weighted by Crippen LogP contribution is 2.22. The van der Waals surface area contributed by atoms with Crippen LogP contribution in [0.15, 0.2) is 65.1 Å². The average molecular weight is 400 g/mol. The molecule has 2 N–H and O–H groups in total. The van der Waals surface area contributed by atoms with Gasteiger partial charge >= 0.3 is 0 Å². The van der Waals surface area contributed by atoms with E-state index in [0.29, 0.717) is 17.8 Å². The zero-order valence-corrected chi connectivity index (χ0v) is 16.9. The second kappa shape index (κ2) is 8.58. The molecule has 1 aliphatic heterocycles. The number of hydrogen-bond acceptors (Lipinski definition) is 4. The van der Waals surface area contributed by atoms with E-state index in [1.807, 2.05) is 6.92 Å². The molecule has 0 saturated carbocycles. The Morgan fingerprint density at radius 2 is 1.79 bits per heavy atom. The highest BCUT2D eigenvalue weighted by molar-refractivity contribution is 7.92. The van der Waals surface area contributed by atoms with Gasteiger partial charge in [-0.3, -0.25) is 9.10 Å². The van der Waals surface area contributed by atoms with Crippen molar-refractivity contribution in [1.29, 1.82) is 0 Å². The summed E-state index contributed by atoms with van der Waals surface area (Å²) in [6, 6.07) is 13.3. The standard InChI is InChI=1S/C21H25N3O3S/c1-16-3-9-20(10-4-16)28(26,27)24(2)19-7-5-18(6-8-19)21(25)23-15-17-11-13-22-14-12-17/h3-11,22H,12-15H2,1-2H3,(H,23,25). The van der Waals surface area contributed by atoms with E-state index in [0.717, 1.165) is 25.1 Å². The Bertz CT molecular complexity index is 965. The maximum Gasteiger partial charge on any atom is 0.264 e. The van der Waals surface area contributed by atoms with Gasteiger partial charge in [0.05, 0.1) is 10.6 Å². The molecule has 0 unspecified atom stereocenters. The maximum absolute atomic E-state index is 12.8. The Kier molecular flexibility index (Phi) is 6.16. The van der Waals surface area contributed by atoms with Crippen molar-refractivity contribution in [2.75, 3.05) is 31.0 Å². The predicted molar refractivity (Wildman–Crippen MR) is 111 cm³/mol. The number of nitrogens with zero attached hydrogens (tertiary/aromatic N) is 1. The van der Waals surface area contributed by atoms with Gasteiger partial charge in [0, 0.05) is 25.7 Å². The molecule has 0 bridgehead atoms. The van der Waals surface area contributed by atoms with E-state index in [-0.39, 0.29) is 10.8 Å². The van der Waals surface area contributed by atoms with Crippen molar-refractivity contribution in [1.82, 2.24) is 10.6 Å². The smallest absolute Gasteiger partial charge is 0.264 e. The fraction of sp³-hybridized carbons (Fsp3) is 0.286. The number of sulfonamides is 1. The minimum Gasteiger partial charge on any atom is -0.348 e. The predicted octanol–water partition coefficient (Wildman–Crippen LogP) is 2.47. The molecule has 2 aromatic rings. The Balaban J connectivity index is 1.68. The fourth-order valence-corrected chi connectivity index (χ4v) is 4.15. The molecule has 28 heavy (non-hydrogen) atoms.